The quantitative estimate of drug-likeness (QED) is 0.621. The molecule has 3 aromatic carbocycles. The Hall–Kier alpha value is -2.79. The van der Waals surface area contributed by atoms with Crippen LogP contribution >= 0.6 is 0 Å². The lowest BCUT2D eigenvalue weighted by Crippen LogP contribution is -2.30. The fourth-order valence-electron chi connectivity index (χ4n) is 2.88. The van der Waals surface area contributed by atoms with E-state index in [0.29, 0.717) is 11.4 Å². The minimum absolute atomic E-state index is 0.254. The number of hydrogen-bond acceptors (Lipinski definition) is 3. The molecule has 0 bridgehead atoms. The van der Waals surface area contributed by atoms with Crippen LogP contribution in [-0.2, 0) is 16.6 Å². The van der Waals surface area contributed by atoms with E-state index in [1.54, 1.807) is 43.5 Å². The molecule has 4 nitrogen and oxygen atoms in total. The summed E-state index contributed by atoms with van der Waals surface area (Å²) in [5.74, 6) is 0.682. The van der Waals surface area contributed by atoms with E-state index in [1.165, 1.54) is 4.31 Å². The molecule has 0 unspecified atom stereocenters. The molecule has 0 aliphatic heterocycles. The van der Waals surface area contributed by atoms with Crippen molar-refractivity contribution in [3.05, 3.63) is 89.5 Å². The summed E-state index contributed by atoms with van der Waals surface area (Å²) in [5.41, 5.74) is 3.64. The molecule has 0 heterocycles. The van der Waals surface area contributed by atoms with E-state index in [9.17, 15) is 8.42 Å². The van der Waals surface area contributed by atoms with Crippen LogP contribution in [0.15, 0.2) is 77.7 Å². The number of anilines is 1. The fraction of sp³-hybridized carbons (Fsp3) is 0.182. The summed E-state index contributed by atoms with van der Waals surface area (Å²) in [7, 11) is -2.12. The van der Waals surface area contributed by atoms with Crippen molar-refractivity contribution in [1.29, 1.82) is 0 Å². The molecule has 0 atom stereocenters. The van der Waals surface area contributed by atoms with E-state index >= 15 is 0 Å². The van der Waals surface area contributed by atoms with Crippen molar-refractivity contribution in [3.8, 4) is 5.75 Å². The van der Waals surface area contributed by atoms with Crippen LogP contribution in [0, 0.1) is 13.8 Å². The molecular weight excluding hydrogens is 358 g/mol. The van der Waals surface area contributed by atoms with Crippen molar-refractivity contribution in [2.24, 2.45) is 0 Å². The van der Waals surface area contributed by atoms with Crippen molar-refractivity contribution in [2.45, 2.75) is 25.3 Å². The first kappa shape index (κ1) is 19.0. The third kappa shape index (κ3) is 4.31. The monoisotopic (exact) mass is 381 g/mol. The number of benzene rings is 3. The van der Waals surface area contributed by atoms with Crippen LogP contribution in [0.5, 0.6) is 5.75 Å². The second-order valence-electron chi connectivity index (χ2n) is 6.51. The maximum absolute atomic E-state index is 13.4. The Morgan fingerprint density at radius 3 is 2.11 bits per heavy atom. The van der Waals surface area contributed by atoms with E-state index in [2.05, 4.69) is 0 Å². The van der Waals surface area contributed by atoms with E-state index in [0.717, 1.165) is 16.7 Å². The van der Waals surface area contributed by atoms with E-state index in [-0.39, 0.29) is 11.4 Å². The van der Waals surface area contributed by atoms with Crippen LogP contribution in [-0.4, -0.2) is 15.5 Å². The van der Waals surface area contributed by atoms with Gasteiger partial charge >= 0.3 is 0 Å². The molecule has 0 saturated carbocycles. The molecule has 0 aliphatic carbocycles. The molecule has 140 valence electrons. The van der Waals surface area contributed by atoms with Crippen LogP contribution in [0.1, 0.15) is 16.7 Å². The first-order valence-electron chi connectivity index (χ1n) is 8.69. The molecule has 0 aromatic heterocycles. The summed E-state index contributed by atoms with van der Waals surface area (Å²) >= 11 is 0. The van der Waals surface area contributed by atoms with E-state index in [1.807, 2.05) is 50.2 Å². The second-order valence-corrected chi connectivity index (χ2v) is 8.37. The largest absolute Gasteiger partial charge is 0.497 e. The summed E-state index contributed by atoms with van der Waals surface area (Å²) in [5, 5.41) is 0. The Balaban J connectivity index is 2.06. The molecule has 3 aromatic rings. The molecule has 0 radical (unpaired) electrons. The Bertz CT molecular complexity index is 1010. The summed E-state index contributed by atoms with van der Waals surface area (Å²) in [6, 6.07) is 21.9. The maximum atomic E-state index is 13.4. The number of rotatable bonds is 6. The normalized spacial score (nSPS) is 11.2. The van der Waals surface area contributed by atoms with Gasteiger partial charge in [-0.1, -0.05) is 47.5 Å². The summed E-state index contributed by atoms with van der Waals surface area (Å²) in [4.78, 5) is 0.275. The van der Waals surface area contributed by atoms with Gasteiger partial charge in [-0.25, -0.2) is 8.42 Å². The lowest BCUT2D eigenvalue weighted by Gasteiger charge is -2.25. The molecule has 0 fully saturated rings. The number of nitrogens with zero attached hydrogens (tertiary/aromatic N) is 1. The van der Waals surface area contributed by atoms with Crippen LogP contribution in [0.2, 0.25) is 0 Å². The summed E-state index contributed by atoms with van der Waals surface area (Å²) in [6.45, 7) is 4.18. The van der Waals surface area contributed by atoms with Gasteiger partial charge in [-0.2, -0.15) is 0 Å². The Morgan fingerprint density at radius 1 is 0.852 bits per heavy atom. The van der Waals surface area contributed by atoms with Gasteiger partial charge in [0.2, 0.25) is 0 Å². The molecule has 0 aliphatic rings. The minimum atomic E-state index is -3.71. The van der Waals surface area contributed by atoms with E-state index in [4.69, 9.17) is 4.74 Å². The molecule has 3 rings (SSSR count). The predicted octanol–water partition coefficient (Wildman–Crippen LogP) is 4.71. The number of methoxy groups -OCH3 is 1. The van der Waals surface area contributed by atoms with Gasteiger partial charge in [0.05, 0.1) is 24.2 Å². The molecular formula is C22H23NO3S. The predicted molar refractivity (Wildman–Crippen MR) is 109 cm³/mol. The zero-order valence-corrected chi connectivity index (χ0v) is 16.5. The highest BCUT2D eigenvalue weighted by Gasteiger charge is 2.25. The first-order chi connectivity index (χ1) is 12.9. The third-order valence-electron chi connectivity index (χ3n) is 4.38. The zero-order chi connectivity index (χ0) is 19.4. The average molecular weight is 381 g/mol. The van der Waals surface area contributed by atoms with Crippen LogP contribution in [0.4, 0.5) is 5.69 Å². The van der Waals surface area contributed by atoms with Crippen molar-refractivity contribution in [2.75, 3.05) is 11.4 Å². The van der Waals surface area contributed by atoms with Gasteiger partial charge in [0, 0.05) is 0 Å². The zero-order valence-electron chi connectivity index (χ0n) is 15.7. The van der Waals surface area contributed by atoms with Crippen molar-refractivity contribution < 1.29 is 13.2 Å². The lowest BCUT2D eigenvalue weighted by molar-refractivity contribution is 0.415. The summed E-state index contributed by atoms with van der Waals surface area (Å²) < 4.78 is 33.4. The van der Waals surface area contributed by atoms with Crippen LogP contribution in [0.25, 0.3) is 0 Å². The molecule has 5 heteroatoms. The second kappa shape index (κ2) is 7.84. The first-order valence-corrected chi connectivity index (χ1v) is 10.1. The Labute approximate surface area is 161 Å². The van der Waals surface area contributed by atoms with Gasteiger partial charge in [-0.05, 0) is 55.8 Å². The third-order valence-corrected chi connectivity index (χ3v) is 6.17. The highest BCUT2D eigenvalue weighted by atomic mass is 32.2. The fourth-order valence-corrected chi connectivity index (χ4v) is 4.33. The molecule has 0 amide bonds. The number of hydrogen-bond donors (Lipinski definition) is 0. The van der Waals surface area contributed by atoms with Gasteiger partial charge < -0.3 is 4.74 Å². The minimum Gasteiger partial charge on any atom is -0.497 e. The topological polar surface area (TPSA) is 46.6 Å². The van der Waals surface area contributed by atoms with Crippen LogP contribution < -0.4 is 9.04 Å². The highest BCUT2D eigenvalue weighted by Crippen LogP contribution is 2.28. The number of ether oxygens (including phenoxy) is 1. The number of sulfonamides is 1. The van der Waals surface area contributed by atoms with E-state index < -0.39 is 10.0 Å². The van der Waals surface area contributed by atoms with Gasteiger partial charge in [-0.3, -0.25) is 4.31 Å². The number of aryl methyl sites for hydroxylation is 2. The standard InChI is InChI=1S/C22H23NO3S/c1-17-7-13-22(14-8-17)27(24,25)23(16-19-6-4-5-18(2)15-19)20-9-11-21(26-3)12-10-20/h4-15H,16H2,1-3H3. The Kier molecular flexibility index (Phi) is 5.51. The average Bonchev–Trinajstić information content (AvgIpc) is 2.66. The Morgan fingerprint density at radius 2 is 1.52 bits per heavy atom. The van der Waals surface area contributed by atoms with Gasteiger partial charge in [0.25, 0.3) is 10.0 Å². The molecule has 0 N–H and O–H groups in total. The lowest BCUT2D eigenvalue weighted by atomic mass is 10.1. The van der Waals surface area contributed by atoms with Crippen molar-refractivity contribution in [3.63, 3.8) is 0 Å². The van der Waals surface area contributed by atoms with Crippen molar-refractivity contribution in [1.82, 2.24) is 0 Å². The molecule has 0 spiro atoms. The molecule has 27 heavy (non-hydrogen) atoms. The SMILES string of the molecule is COc1ccc(N(Cc2cccc(C)c2)S(=O)(=O)c2ccc(C)cc2)cc1. The van der Waals surface area contributed by atoms with Gasteiger partial charge in [0.1, 0.15) is 5.75 Å². The maximum Gasteiger partial charge on any atom is 0.264 e. The van der Waals surface area contributed by atoms with Gasteiger partial charge in [-0.15, -0.1) is 0 Å². The summed E-state index contributed by atoms with van der Waals surface area (Å²) in [6.07, 6.45) is 0. The molecule has 0 saturated heterocycles. The highest BCUT2D eigenvalue weighted by molar-refractivity contribution is 7.92. The van der Waals surface area contributed by atoms with Crippen LogP contribution in [0.3, 0.4) is 0 Å². The van der Waals surface area contributed by atoms with Gasteiger partial charge in [0.15, 0.2) is 0 Å². The smallest absolute Gasteiger partial charge is 0.264 e. The van der Waals surface area contributed by atoms with Crippen molar-refractivity contribution >= 4 is 15.7 Å².